The summed E-state index contributed by atoms with van der Waals surface area (Å²) in [6, 6.07) is 9.98. The topological polar surface area (TPSA) is 147 Å². The lowest BCUT2D eigenvalue weighted by Crippen LogP contribution is -2.51. The van der Waals surface area contributed by atoms with Crippen LogP contribution in [0.15, 0.2) is 42.0 Å². The Balaban J connectivity index is 2.15. The predicted octanol–water partition coefficient (Wildman–Crippen LogP) is 7.52. The molecule has 2 aliphatic heterocycles. The molecular formula is C45H76O13Si. The monoisotopic (exact) mass is 853 g/mol. The number of cyclic esters (lactones) is 1. The van der Waals surface area contributed by atoms with E-state index in [0.717, 1.165) is 17.6 Å². The molecule has 3 rings (SSSR count). The van der Waals surface area contributed by atoms with Crippen molar-refractivity contribution in [1.82, 2.24) is 0 Å². The molecule has 0 aromatic heterocycles. The summed E-state index contributed by atoms with van der Waals surface area (Å²) >= 11 is 0. The van der Waals surface area contributed by atoms with Gasteiger partial charge in [-0.15, -0.1) is 0 Å². The maximum Gasteiger partial charge on any atom is 0.338 e. The van der Waals surface area contributed by atoms with Crippen LogP contribution in [-0.2, 0) is 63.3 Å². The van der Waals surface area contributed by atoms with E-state index < -0.39 is 74.3 Å². The van der Waals surface area contributed by atoms with Crippen LogP contribution in [0.2, 0.25) is 18.1 Å². The van der Waals surface area contributed by atoms with Gasteiger partial charge in [0.25, 0.3) is 0 Å². The first-order valence-electron chi connectivity index (χ1n) is 21.1. The summed E-state index contributed by atoms with van der Waals surface area (Å²) < 4.78 is 61.4. The standard InChI is InChI=1S/C45H76O13Si/c1-15-31(26-52-27-32-19-17-16-18-20-32)21-30(2)35-22-33(51-12)25-38(46)44(6,7)41(47)39-37(56-45(8,9)57-39)24-34(58-59(13,14)43(3,4)5)23-36(53-28-49-10)40(42(48)55-35)54-29-50-11/h16-21,31,33-40,46H,15,22-29H2,1-14H3/b30-21-/t31-,33-,34+,35+,36-,37-,38+,39-,40+/m1/s1. The summed E-state index contributed by atoms with van der Waals surface area (Å²) in [6.07, 6.45) is -3.59. The van der Waals surface area contributed by atoms with Gasteiger partial charge in [0.2, 0.25) is 0 Å². The maximum absolute atomic E-state index is 14.6. The fourth-order valence-corrected chi connectivity index (χ4v) is 8.62. The molecule has 0 amide bonds. The number of ketones is 1. The van der Waals surface area contributed by atoms with Gasteiger partial charge in [-0.3, -0.25) is 4.79 Å². The SMILES string of the molecule is CC[C@H](/C=C(/C)[C@@H]1C[C@@H](OC)C[C@H](O)C(C)(C)C(=O)[C@@H]2OC(C)(C)O[C@@H]2C[C@@H](O[Si](C)(C)C(C)(C)C)C[C@@H](OCOC)[C@H](OCOC)C(=O)O1)COCc1ccccc1. The Morgan fingerprint density at radius 3 is 2.17 bits per heavy atom. The minimum Gasteiger partial charge on any atom is -0.456 e. The second kappa shape index (κ2) is 22.8. The molecule has 2 fully saturated rings. The first-order chi connectivity index (χ1) is 27.6. The van der Waals surface area contributed by atoms with Crippen molar-refractivity contribution in [2.24, 2.45) is 11.3 Å². The van der Waals surface area contributed by atoms with Crippen LogP contribution in [0.25, 0.3) is 0 Å². The smallest absolute Gasteiger partial charge is 0.338 e. The molecule has 0 radical (unpaired) electrons. The Labute approximate surface area is 355 Å². The van der Waals surface area contributed by atoms with Gasteiger partial charge < -0.3 is 52.2 Å². The molecule has 1 aromatic carbocycles. The number of rotatable bonds is 16. The molecule has 2 saturated heterocycles. The molecule has 338 valence electrons. The molecule has 59 heavy (non-hydrogen) atoms. The van der Waals surface area contributed by atoms with E-state index in [-0.39, 0.29) is 56.0 Å². The van der Waals surface area contributed by atoms with Crippen LogP contribution in [-0.4, -0.2) is 121 Å². The molecule has 1 aromatic rings. The molecule has 0 spiro atoms. The summed E-state index contributed by atoms with van der Waals surface area (Å²) in [6.45, 7) is 22.3. The van der Waals surface area contributed by atoms with Gasteiger partial charge in [-0.05, 0) is 56.5 Å². The number of carbonyl (C=O) groups excluding carboxylic acids is 2. The highest BCUT2D eigenvalue weighted by Gasteiger charge is 2.53. The summed E-state index contributed by atoms with van der Waals surface area (Å²) in [5.74, 6) is -2.04. The number of aliphatic hydroxyl groups excluding tert-OH is 1. The average molecular weight is 853 g/mol. The summed E-state index contributed by atoms with van der Waals surface area (Å²) in [5, 5.41) is 11.7. The highest BCUT2D eigenvalue weighted by molar-refractivity contribution is 6.74. The van der Waals surface area contributed by atoms with E-state index in [2.05, 4.69) is 46.9 Å². The van der Waals surface area contributed by atoms with E-state index in [0.29, 0.717) is 13.2 Å². The molecule has 1 N–H and O–H groups in total. The van der Waals surface area contributed by atoms with Gasteiger partial charge in [-0.2, -0.15) is 0 Å². The summed E-state index contributed by atoms with van der Waals surface area (Å²) in [5.41, 5.74) is 0.593. The third-order valence-electron chi connectivity index (χ3n) is 12.0. The van der Waals surface area contributed by atoms with Crippen LogP contribution in [0.5, 0.6) is 0 Å². The number of hydrogen-bond donors (Lipinski definition) is 1. The van der Waals surface area contributed by atoms with Crippen molar-refractivity contribution in [3.63, 3.8) is 0 Å². The van der Waals surface area contributed by atoms with Gasteiger partial charge in [0, 0.05) is 52.9 Å². The first-order valence-corrected chi connectivity index (χ1v) is 24.0. The largest absolute Gasteiger partial charge is 0.456 e. The fraction of sp³-hybridized carbons (Fsp3) is 0.778. The maximum atomic E-state index is 14.6. The second-order valence-corrected chi connectivity index (χ2v) is 23.4. The fourth-order valence-electron chi connectivity index (χ4n) is 7.24. The van der Waals surface area contributed by atoms with E-state index in [1.54, 1.807) is 34.8 Å². The second-order valence-electron chi connectivity index (χ2n) is 18.6. The number of ether oxygens (including phenoxy) is 9. The lowest BCUT2D eigenvalue weighted by Gasteiger charge is -2.41. The van der Waals surface area contributed by atoms with Crippen molar-refractivity contribution in [3.05, 3.63) is 47.5 Å². The van der Waals surface area contributed by atoms with Crippen LogP contribution >= 0.6 is 0 Å². The molecule has 0 bridgehead atoms. The number of hydrogen-bond acceptors (Lipinski definition) is 13. The van der Waals surface area contributed by atoms with Gasteiger partial charge in [-0.25, -0.2) is 4.79 Å². The molecule has 0 saturated carbocycles. The Morgan fingerprint density at radius 1 is 0.932 bits per heavy atom. The number of fused-ring (bicyclic) bond motifs is 1. The van der Waals surface area contributed by atoms with Crippen molar-refractivity contribution >= 4 is 20.1 Å². The molecule has 9 atom stereocenters. The molecule has 2 aliphatic rings. The summed E-state index contributed by atoms with van der Waals surface area (Å²) in [4.78, 5) is 29.2. The predicted molar refractivity (Wildman–Crippen MR) is 227 cm³/mol. The Hall–Kier alpha value is -2.08. The highest BCUT2D eigenvalue weighted by Crippen LogP contribution is 2.42. The van der Waals surface area contributed by atoms with E-state index in [9.17, 15) is 14.7 Å². The average Bonchev–Trinajstić information content (AvgIpc) is 3.47. The Kier molecular flexibility index (Phi) is 19.9. The normalized spacial score (nSPS) is 29.5. The molecular weight excluding hydrogens is 777 g/mol. The van der Waals surface area contributed by atoms with Crippen LogP contribution in [0, 0.1) is 11.3 Å². The van der Waals surface area contributed by atoms with Gasteiger partial charge in [0.1, 0.15) is 25.8 Å². The van der Waals surface area contributed by atoms with Crippen LogP contribution in [0.4, 0.5) is 0 Å². The van der Waals surface area contributed by atoms with Crippen LogP contribution in [0.3, 0.4) is 0 Å². The zero-order valence-corrected chi connectivity index (χ0v) is 39.4. The molecule has 0 unspecified atom stereocenters. The van der Waals surface area contributed by atoms with Crippen molar-refractivity contribution in [3.8, 4) is 0 Å². The van der Waals surface area contributed by atoms with Crippen molar-refractivity contribution in [2.75, 3.05) is 41.5 Å². The van der Waals surface area contributed by atoms with E-state index in [1.165, 1.54) is 14.2 Å². The number of benzene rings is 1. The highest BCUT2D eigenvalue weighted by atomic mass is 28.4. The third-order valence-corrected chi connectivity index (χ3v) is 16.6. The van der Waals surface area contributed by atoms with Gasteiger partial charge in [0.15, 0.2) is 26.0 Å². The minimum atomic E-state index is -2.48. The lowest BCUT2D eigenvalue weighted by atomic mass is 9.76. The van der Waals surface area contributed by atoms with Gasteiger partial charge in [-0.1, -0.05) is 78.0 Å². The lowest BCUT2D eigenvalue weighted by molar-refractivity contribution is -0.196. The molecule has 14 heteroatoms. The number of methoxy groups -OCH3 is 3. The minimum absolute atomic E-state index is 0.0123. The zero-order chi connectivity index (χ0) is 44.2. The zero-order valence-electron chi connectivity index (χ0n) is 38.4. The van der Waals surface area contributed by atoms with Crippen LogP contribution < -0.4 is 0 Å². The van der Waals surface area contributed by atoms with E-state index in [1.807, 2.05) is 37.3 Å². The molecule has 2 heterocycles. The van der Waals surface area contributed by atoms with Gasteiger partial charge in [0.05, 0.1) is 49.1 Å². The number of aliphatic hydroxyl groups is 1. The number of carbonyl (C=O) groups is 2. The van der Waals surface area contributed by atoms with Crippen molar-refractivity contribution < 1.29 is 61.8 Å². The molecule has 0 aliphatic carbocycles. The number of esters is 1. The third kappa shape index (κ3) is 15.1. The first kappa shape index (κ1) is 51.3. The van der Waals surface area contributed by atoms with Crippen molar-refractivity contribution in [1.29, 1.82) is 0 Å². The summed E-state index contributed by atoms with van der Waals surface area (Å²) in [7, 11) is 2.04. The van der Waals surface area contributed by atoms with Crippen molar-refractivity contribution in [2.45, 2.75) is 174 Å². The van der Waals surface area contributed by atoms with Gasteiger partial charge >= 0.3 is 5.97 Å². The van der Waals surface area contributed by atoms with E-state index in [4.69, 9.17) is 47.1 Å². The number of Topliss-reactive ketones (excluding diaryl/α,β-unsaturated/α-hetero) is 1. The molecule has 13 nitrogen and oxygen atoms in total. The van der Waals surface area contributed by atoms with Crippen LogP contribution in [0.1, 0.15) is 100.0 Å². The Morgan fingerprint density at radius 2 is 1.58 bits per heavy atom. The van der Waals surface area contributed by atoms with E-state index >= 15 is 0 Å². The Bertz CT molecular complexity index is 1460. The quantitative estimate of drug-likeness (QED) is 0.0758.